The summed E-state index contributed by atoms with van der Waals surface area (Å²) in [6.45, 7) is 0. The normalized spacial score (nSPS) is 11.5. The van der Waals surface area contributed by atoms with Gasteiger partial charge >= 0.3 is 0 Å². The molecule has 0 saturated carbocycles. The van der Waals surface area contributed by atoms with Crippen molar-refractivity contribution in [2.75, 3.05) is 0 Å². The SMILES string of the molecule is N#Cc1cccc(-c2ccccc2)c1-c1cc(-c2ccc3oc4ccccc4c3c2)cc(-c2cccc3c2oc2ccccc23)c1. The van der Waals surface area contributed by atoms with Crippen molar-refractivity contribution < 1.29 is 8.83 Å². The van der Waals surface area contributed by atoms with Gasteiger partial charge in [-0.1, -0.05) is 103 Å². The number of fused-ring (bicyclic) bond motifs is 6. The van der Waals surface area contributed by atoms with Crippen LogP contribution in [0.2, 0.25) is 0 Å². The van der Waals surface area contributed by atoms with Gasteiger partial charge in [0.25, 0.3) is 0 Å². The van der Waals surface area contributed by atoms with Crippen molar-refractivity contribution in [3.63, 3.8) is 0 Å². The molecule has 0 aliphatic heterocycles. The molecule has 46 heavy (non-hydrogen) atoms. The molecule has 0 spiro atoms. The fourth-order valence-electron chi connectivity index (χ4n) is 6.79. The van der Waals surface area contributed by atoms with Crippen molar-refractivity contribution in [1.82, 2.24) is 0 Å². The molecule has 0 radical (unpaired) electrons. The van der Waals surface area contributed by atoms with E-state index in [0.29, 0.717) is 5.56 Å². The third-order valence-corrected chi connectivity index (χ3v) is 8.92. The number of benzene rings is 7. The Morgan fingerprint density at radius 3 is 1.85 bits per heavy atom. The highest BCUT2D eigenvalue weighted by Gasteiger charge is 2.18. The molecule has 3 nitrogen and oxygen atoms in total. The van der Waals surface area contributed by atoms with Gasteiger partial charge in [0.1, 0.15) is 22.3 Å². The van der Waals surface area contributed by atoms with Crippen molar-refractivity contribution in [1.29, 1.82) is 5.26 Å². The van der Waals surface area contributed by atoms with Crippen LogP contribution in [0.1, 0.15) is 5.56 Å². The quantitative estimate of drug-likeness (QED) is 0.206. The van der Waals surface area contributed by atoms with Gasteiger partial charge in [0.2, 0.25) is 0 Å². The summed E-state index contributed by atoms with van der Waals surface area (Å²) >= 11 is 0. The lowest BCUT2D eigenvalue weighted by atomic mass is 9.87. The average molecular weight is 588 g/mol. The van der Waals surface area contributed by atoms with Gasteiger partial charge in [-0.15, -0.1) is 0 Å². The van der Waals surface area contributed by atoms with Crippen LogP contribution in [0.3, 0.4) is 0 Å². The fraction of sp³-hybridized carbons (Fsp3) is 0. The Balaban J connectivity index is 1.35. The summed E-state index contributed by atoms with van der Waals surface area (Å²) in [5.41, 5.74) is 12.1. The second kappa shape index (κ2) is 10.4. The van der Waals surface area contributed by atoms with Crippen LogP contribution in [-0.2, 0) is 0 Å². The summed E-state index contributed by atoms with van der Waals surface area (Å²) in [6, 6.07) is 54.4. The molecular formula is C43H25NO2. The topological polar surface area (TPSA) is 50.1 Å². The highest BCUT2D eigenvalue weighted by molar-refractivity contribution is 6.10. The van der Waals surface area contributed by atoms with Crippen LogP contribution >= 0.6 is 0 Å². The van der Waals surface area contributed by atoms with Gasteiger partial charge in [0.15, 0.2) is 0 Å². The van der Waals surface area contributed by atoms with Crippen molar-refractivity contribution in [2.45, 2.75) is 0 Å². The van der Waals surface area contributed by atoms with Crippen LogP contribution in [0.15, 0.2) is 160 Å². The Bertz CT molecular complexity index is 2650. The predicted molar refractivity (Wildman–Crippen MR) is 187 cm³/mol. The van der Waals surface area contributed by atoms with Gasteiger partial charge in [-0.2, -0.15) is 5.26 Å². The van der Waals surface area contributed by atoms with Crippen LogP contribution in [0.5, 0.6) is 0 Å². The van der Waals surface area contributed by atoms with E-state index >= 15 is 0 Å². The minimum atomic E-state index is 0.627. The molecule has 0 bridgehead atoms. The number of nitriles is 1. The van der Waals surface area contributed by atoms with Crippen LogP contribution in [0.25, 0.3) is 88.4 Å². The Hall–Kier alpha value is -6.37. The second-order valence-corrected chi connectivity index (χ2v) is 11.6. The number of para-hydroxylation sites is 3. The van der Waals surface area contributed by atoms with Crippen molar-refractivity contribution >= 4 is 43.9 Å². The van der Waals surface area contributed by atoms with Crippen molar-refractivity contribution in [2.24, 2.45) is 0 Å². The molecule has 7 aromatic carbocycles. The molecular weight excluding hydrogens is 562 g/mol. The van der Waals surface area contributed by atoms with Gasteiger partial charge in [-0.05, 0) is 81.9 Å². The third kappa shape index (κ3) is 4.13. The first-order valence-corrected chi connectivity index (χ1v) is 15.3. The molecule has 2 heterocycles. The van der Waals surface area contributed by atoms with Crippen LogP contribution in [0, 0.1) is 11.3 Å². The molecule has 9 rings (SSSR count). The van der Waals surface area contributed by atoms with Gasteiger partial charge in [0, 0.05) is 32.7 Å². The molecule has 0 aliphatic carbocycles. The number of furan rings is 2. The summed E-state index contributed by atoms with van der Waals surface area (Å²) < 4.78 is 12.7. The zero-order valence-electron chi connectivity index (χ0n) is 24.7. The number of rotatable bonds is 4. The zero-order valence-corrected chi connectivity index (χ0v) is 24.7. The van der Waals surface area contributed by atoms with E-state index in [9.17, 15) is 5.26 Å². The van der Waals surface area contributed by atoms with E-state index < -0.39 is 0 Å². The number of hydrogen-bond donors (Lipinski definition) is 0. The molecule has 0 fully saturated rings. The molecule has 9 aromatic rings. The lowest BCUT2D eigenvalue weighted by Crippen LogP contribution is -1.92. The first-order chi connectivity index (χ1) is 22.7. The van der Waals surface area contributed by atoms with Crippen LogP contribution in [0.4, 0.5) is 0 Å². The number of hydrogen-bond acceptors (Lipinski definition) is 3. The molecule has 0 saturated heterocycles. The summed E-state index contributed by atoms with van der Waals surface area (Å²) in [4.78, 5) is 0. The largest absolute Gasteiger partial charge is 0.456 e. The predicted octanol–water partition coefficient (Wildman–Crippen LogP) is 12.0. The lowest BCUT2D eigenvalue weighted by Gasteiger charge is -2.16. The van der Waals surface area contributed by atoms with E-state index in [4.69, 9.17) is 8.83 Å². The van der Waals surface area contributed by atoms with E-state index in [0.717, 1.165) is 88.4 Å². The minimum absolute atomic E-state index is 0.627. The minimum Gasteiger partial charge on any atom is -0.456 e. The molecule has 0 atom stereocenters. The summed E-state index contributed by atoms with van der Waals surface area (Å²) in [5.74, 6) is 0. The van der Waals surface area contributed by atoms with Gasteiger partial charge < -0.3 is 8.83 Å². The van der Waals surface area contributed by atoms with E-state index in [1.54, 1.807) is 0 Å². The van der Waals surface area contributed by atoms with Crippen LogP contribution in [-0.4, -0.2) is 0 Å². The van der Waals surface area contributed by atoms with Gasteiger partial charge in [-0.25, -0.2) is 0 Å². The number of nitrogens with zero attached hydrogens (tertiary/aromatic N) is 1. The monoisotopic (exact) mass is 587 g/mol. The Morgan fingerprint density at radius 2 is 1.02 bits per heavy atom. The first kappa shape index (κ1) is 26.1. The summed E-state index contributed by atoms with van der Waals surface area (Å²) in [5, 5.41) is 14.7. The summed E-state index contributed by atoms with van der Waals surface area (Å²) in [6.07, 6.45) is 0. The van der Waals surface area contributed by atoms with E-state index in [1.807, 2.05) is 66.7 Å². The van der Waals surface area contributed by atoms with Crippen molar-refractivity contribution in [3.05, 3.63) is 157 Å². The van der Waals surface area contributed by atoms with E-state index in [2.05, 4.69) is 91.0 Å². The smallest absolute Gasteiger partial charge is 0.143 e. The zero-order chi connectivity index (χ0) is 30.6. The Morgan fingerprint density at radius 1 is 0.391 bits per heavy atom. The second-order valence-electron chi connectivity index (χ2n) is 11.6. The molecule has 0 aliphatic rings. The standard InChI is InChI=1S/C43H25NO2/c44-26-29-12-8-15-33(27-10-2-1-3-11-27)42(29)32-23-30(28-20-21-41-38(25-28)36-14-5-6-18-39(36)45-41)22-31(24-32)34-16-9-17-37-35-13-4-7-19-40(35)46-43(34)37/h1-25H. The lowest BCUT2D eigenvalue weighted by molar-refractivity contribution is 0.669. The third-order valence-electron chi connectivity index (χ3n) is 8.92. The molecule has 214 valence electrons. The maximum atomic E-state index is 10.4. The average Bonchev–Trinajstić information content (AvgIpc) is 3.69. The molecule has 2 aromatic heterocycles. The van der Waals surface area contributed by atoms with E-state index in [-0.39, 0.29) is 0 Å². The van der Waals surface area contributed by atoms with E-state index in [1.165, 1.54) is 0 Å². The molecule has 0 unspecified atom stereocenters. The fourth-order valence-corrected chi connectivity index (χ4v) is 6.79. The van der Waals surface area contributed by atoms with Crippen molar-refractivity contribution in [3.8, 4) is 50.6 Å². The molecule has 3 heteroatoms. The highest BCUT2D eigenvalue weighted by Crippen LogP contribution is 2.43. The van der Waals surface area contributed by atoms with Crippen LogP contribution < -0.4 is 0 Å². The van der Waals surface area contributed by atoms with Gasteiger partial charge in [-0.3, -0.25) is 0 Å². The highest BCUT2D eigenvalue weighted by atomic mass is 16.3. The molecule has 0 amide bonds. The Kier molecular flexibility index (Phi) is 5.88. The summed E-state index contributed by atoms with van der Waals surface area (Å²) in [7, 11) is 0. The maximum absolute atomic E-state index is 10.4. The maximum Gasteiger partial charge on any atom is 0.143 e. The first-order valence-electron chi connectivity index (χ1n) is 15.3. The van der Waals surface area contributed by atoms with Gasteiger partial charge in [0.05, 0.1) is 11.6 Å². The Labute approximate surface area is 265 Å². The molecule has 0 N–H and O–H groups in total.